The summed E-state index contributed by atoms with van der Waals surface area (Å²) in [7, 11) is 0. The number of unbranched alkanes of at least 4 members (excludes halogenated alkanes) is 12. The lowest BCUT2D eigenvalue weighted by molar-refractivity contribution is -0.145. The summed E-state index contributed by atoms with van der Waals surface area (Å²) >= 11 is 0. The molecule has 220 valence electrons. The molecule has 0 N–H and O–H groups in total. The number of hydrogen-bond donors (Lipinski definition) is 0. The Balaban J connectivity index is 3.43. The van der Waals surface area contributed by atoms with Gasteiger partial charge in [-0.2, -0.15) is 0 Å². The summed E-state index contributed by atoms with van der Waals surface area (Å²) in [6.07, 6.45) is 23.9. The molecular formula is C33H64O4. The van der Waals surface area contributed by atoms with Crippen LogP contribution in [0.1, 0.15) is 169 Å². The van der Waals surface area contributed by atoms with Crippen LogP contribution in [-0.2, 0) is 19.1 Å². The van der Waals surface area contributed by atoms with Crippen molar-refractivity contribution in [1.82, 2.24) is 0 Å². The van der Waals surface area contributed by atoms with Crippen LogP contribution in [0.4, 0.5) is 0 Å². The molecule has 0 radical (unpaired) electrons. The maximum atomic E-state index is 12.1. The highest BCUT2D eigenvalue weighted by Gasteiger charge is 2.13. The third kappa shape index (κ3) is 27.8. The largest absolute Gasteiger partial charge is 0.466 e. The van der Waals surface area contributed by atoms with Gasteiger partial charge >= 0.3 is 11.9 Å². The molecule has 1 atom stereocenters. The third-order valence-electron chi connectivity index (χ3n) is 7.40. The molecule has 0 fully saturated rings. The number of rotatable bonds is 27. The van der Waals surface area contributed by atoms with Gasteiger partial charge in [-0.05, 0) is 56.3 Å². The molecule has 0 aromatic carbocycles. The zero-order chi connectivity index (χ0) is 27.6. The highest BCUT2D eigenvalue weighted by Crippen LogP contribution is 2.20. The van der Waals surface area contributed by atoms with E-state index in [9.17, 15) is 9.59 Å². The second kappa shape index (κ2) is 26.5. The van der Waals surface area contributed by atoms with Gasteiger partial charge in [-0.25, -0.2) is 0 Å². The van der Waals surface area contributed by atoms with Crippen LogP contribution >= 0.6 is 0 Å². The minimum Gasteiger partial charge on any atom is -0.466 e. The standard InChI is InChI=1S/C33H64O4/c1-6-31(28-33(35)37-27-21-19-23-30(4)5)24-16-14-12-10-8-7-9-11-13-15-17-25-32(34)36-26-20-18-22-29(2)3/h29-31H,6-28H2,1-5H3. The van der Waals surface area contributed by atoms with Gasteiger partial charge in [0.15, 0.2) is 0 Å². The quantitative estimate of drug-likeness (QED) is 0.0792. The van der Waals surface area contributed by atoms with Crippen molar-refractivity contribution in [2.75, 3.05) is 13.2 Å². The van der Waals surface area contributed by atoms with Crippen molar-refractivity contribution in [2.45, 2.75) is 169 Å². The summed E-state index contributed by atoms with van der Waals surface area (Å²) in [5.41, 5.74) is 0. The Morgan fingerprint density at radius 3 is 1.38 bits per heavy atom. The molecular weight excluding hydrogens is 460 g/mol. The van der Waals surface area contributed by atoms with Crippen molar-refractivity contribution in [3.05, 3.63) is 0 Å². The van der Waals surface area contributed by atoms with Crippen LogP contribution in [0.3, 0.4) is 0 Å². The maximum Gasteiger partial charge on any atom is 0.306 e. The van der Waals surface area contributed by atoms with Crippen molar-refractivity contribution in [1.29, 1.82) is 0 Å². The Kier molecular flexibility index (Phi) is 25.8. The monoisotopic (exact) mass is 524 g/mol. The predicted octanol–water partition coefficient (Wildman–Crippen LogP) is 10.2. The summed E-state index contributed by atoms with van der Waals surface area (Å²) in [6.45, 7) is 12.3. The lowest BCUT2D eigenvalue weighted by atomic mass is 9.95. The molecule has 0 amide bonds. The van der Waals surface area contributed by atoms with E-state index >= 15 is 0 Å². The Morgan fingerprint density at radius 2 is 0.919 bits per heavy atom. The van der Waals surface area contributed by atoms with Gasteiger partial charge in [0, 0.05) is 12.8 Å². The Bertz CT molecular complexity index is 514. The van der Waals surface area contributed by atoms with Gasteiger partial charge in [0.1, 0.15) is 0 Å². The van der Waals surface area contributed by atoms with E-state index in [0.29, 0.717) is 32.0 Å². The summed E-state index contributed by atoms with van der Waals surface area (Å²) < 4.78 is 10.8. The first-order valence-electron chi connectivity index (χ1n) is 16.2. The van der Waals surface area contributed by atoms with Gasteiger partial charge < -0.3 is 9.47 Å². The van der Waals surface area contributed by atoms with Crippen molar-refractivity contribution >= 4 is 11.9 Å². The normalized spacial score (nSPS) is 12.3. The van der Waals surface area contributed by atoms with Crippen molar-refractivity contribution in [2.24, 2.45) is 17.8 Å². The summed E-state index contributed by atoms with van der Waals surface area (Å²) in [5, 5.41) is 0. The molecule has 0 spiro atoms. The van der Waals surface area contributed by atoms with E-state index in [-0.39, 0.29) is 11.9 Å². The summed E-state index contributed by atoms with van der Waals surface area (Å²) in [5.74, 6) is 1.94. The van der Waals surface area contributed by atoms with E-state index < -0.39 is 0 Å². The van der Waals surface area contributed by atoms with E-state index in [0.717, 1.165) is 63.2 Å². The molecule has 0 saturated carbocycles. The molecule has 0 heterocycles. The fourth-order valence-corrected chi connectivity index (χ4v) is 4.79. The number of carbonyl (C=O) groups excluding carboxylic acids is 2. The van der Waals surface area contributed by atoms with Crippen LogP contribution in [0.2, 0.25) is 0 Å². The van der Waals surface area contributed by atoms with Crippen molar-refractivity contribution in [3.63, 3.8) is 0 Å². The molecule has 4 nitrogen and oxygen atoms in total. The highest BCUT2D eigenvalue weighted by molar-refractivity contribution is 5.69. The Labute approximate surface area is 231 Å². The van der Waals surface area contributed by atoms with E-state index in [1.165, 1.54) is 70.6 Å². The molecule has 0 aliphatic rings. The summed E-state index contributed by atoms with van der Waals surface area (Å²) in [6, 6.07) is 0. The molecule has 0 saturated heterocycles. The fourth-order valence-electron chi connectivity index (χ4n) is 4.79. The predicted molar refractivity (Wildman–Crippen MR) is 158 cm³/mol. The number of ether oxygens (including phenoxy) is 2. The van der Waals surface area contributed by atoms with Crippen molar-refractivity contribution < 1.29 is 19.1 Å². The molecule has 0 aromatic rings. The van der Waals surface area contributed by atoms with E-state index in [1.807, 2.05) is 0 Å². The van der Waals surface area contributed by atoms with E-state index in [2.05, 4.69) is 34.6 Å². The molecule has 0 aliphatic heterocycles. The molecule has 0 aliphatic carbocycles. The summed E-state index contributed by atoms with van der Waals surface area (Å²) in [4.78, 5) is 23.8. The Hall–Kier alpha value is -1.06. The van der Waals surface area contributed by atoms with Crippen LogP contribution in [0, 0.1) is 17.8 Å². The van der Waals surface area contributed by atoms with Crippen LogP contribution in [-0.4, -0.2) is 25.2 Å². The maximum absolute atomic E-state index is 12.1. The molecule has 4 heteroatoms. The first-order chi connectivity index (χ1) is 17.8. The smallest absolute Gasteiger partial charge is 0.306 e. The zero-order valence-electron chi connectivity index (χ0n) is 25.6. The minimum atomic E-state index is -0.0118. The van der Waals surface area contributed by atoms with Gasteiger partial charge in [-0.15, -0.1) is 0 Å². The van der Waals surface area contributed by atoms with Crippen LogP contribution in [0.5, 0.6) is 0 Å². The second-order valence-electron chi connectivity index (χ2n) is 12.1. The average Bonchev–Trinajstić information content (AvgIpc) is 2.85. The second-order valence-corrected chi connectivity index (χ2v) is 12.1. The lowest BCUT2D eigenvalue weighted by Crippen LogP contribution is -2.12. The Morgan fingerprint density at radius 1 is 0.514 bits per heavy atom. The zero-order valence-corrected chi connectivity index (χ0v) is 25.6. The average molecular weight is 525 g/mol. The highest BCUT2D eigenvalue weighted by atomic mass is 16.5. The van der Waals surface area contributed by atoms with Crippen LogP contribution < -0.4 is 0 Å². The molecule has 37 heavy (non-hydrogen) atoms. The minimum absolute atomic E-state index is 0.00356. The van der Waals surface area contributed by atoms with Crippen LogP contribution in [0.25, 0.3) is 0 Å². The molecule has 0 bridgehead atoms. The van der Waals surface area contributed by atoms with Gasteiger partial charge in [0.05, 0.1) is 13.2 Å². The third-order valence-corrected chi connectivity index (χ3v) is 7.40. The number of esters is 2. The van der Waals surface area contributed by atoms with Gasteiger partial charge in [-0.3, -0.25) is 9.59 Å². The van der Waals surface area contributed by atoms with Gasteiger partial charge in [0.25, 0.3) is 0 Å². The first kappa shape index (κ1) is 35.9. The van der Waals surface area contributed by atoms with E-state index in [1.54, 1.807) is 0 Å². The van der Waals surface area contributed by atoms with Gasteiger partial charge in [-0.1, -0.05) is 118 Å². The first-order valence-corrected chi connectivity index (χ1v) is 16.2. The lowest BCUT2D eigenvalue weighted by Gasteiger charge is -2.14. The number of hydrogen-bond acceptors (Lipinski definition) is 4. The fraction of sp³-hybridized carbons (Fsp3) is 0.939. The van der Waals surface area contributed by atoms with E-state index in [4.69, 9.17) is 9.47 Å². The topological polar surface area (TPSA) is 52.6 Å². The molecule has 0 aromatic heterocycles. The molecule has 0 rings (SSSR count). The van der Waals surface area contributed by atoms with Gasteiger partial charge in [0.2, 0.25) is 0 Å². The number of carbonyl (C=O) groups is 2. The van der Waals surface area contributed by atoms with Crippen molar-refractivity contribution in [3.8, 4) is 0 Å². The molecule has 1 unspecified atom stereocenters. The van der Waals surface area contributed by atoms with Crippen LogP contribution in [0.15, 0.2) is 0 Å². The SMILES string of the molecule is CCC(CCCCCCCCCCCCCC(=O)OCCCCC(C)C)CC(=O)OCCCCC(C)C.